The van der Waals surface area contributed by atoms with Crippen molar-refractivity contribution in [2.45, 2.75) is 46.2 Å². The molecule has 4 nitrogen and oxygen atoms in total. The molecule has 0 fully saturated rings. The smallest absolute Gasteiger partial charge is 0.273 e. The van der Waals surface area contributed by atoms with E-state index in [1.807, 2.05) is 12.1 Å². The van der Waals surface area contributed by atoms with E-state index in [9.17, 15) is 10.1 Å². The summed E-state index contributed by atoms with van der Waals surface area (Å²) in [7, 11) is 0. The third kappa shape index (κ3) is 3.81. The maximum atomic E-state index is 10.9. The molecule has 18 heavy (non-hydrogen) atoms. The molecule has 0 heterocycles. The van der Waals surface area contributed by atoms with E-state index >= 15 is 0 Å². The average Bonchev–Trinajstić information content (AvgIpc) is 2.38. The van der Waals surface area contributed by atoms with Crippen LogP contribution in [-0.2, 0) is 6.54 Å². The van der Waals surface area contributed by atoms with Gasteiger partial charge in [-0.2, -0.15) is 0 Å². The van der Waals surface area contributed by atoms with E-state index in [2.05, 4.69) is 26.1 Å². The molecular formula is C14H22N2O2. The zero-order valence-corrected chi connectivity index (χ0v) is 11.3. The second-order valence-corrected chi connectivity index (χ2v) is 4.63. The highest BCUT2D eigenvalue weighted by Gasteiger charge is 2.16. The van der Waals surface area contributed by atoms with Crippen molar-refractivity contribution < 1.29 is 4.92 Å². The number of nitro groups is 1. The Bertz CT molecular complexity index is 389. The summed E-state index contributed by atoms with van der Waals surface area (Å²) in [4.78, 5) is 10.6. The minimum atomic E-state index is -0.321. The van der Waals surface area contributed by atoms with Gasteiger partial charge in [-0.1, -0.05) is 44.9 Å². The van der Waals surface area contributed by atoms with Gasteiger partial charge in [-0.15, -0.1) is 0 Å². The average molecular weight is 250 g/mol. The predicted octanol–water partition coefficient (Wildman–Crippen LogP) is 3.51. The van der Waals surface area contributed by atoms with Gasteiger partial charge in [0.2, 0.25) is 0 Å². The van der Waals surface area contributed by atoms with Crippen LogP contribution < -0.4 is 5.32 Å². The minimum Gasteiger partial charge on any atom is -0.310 e. The zero-order chi connectivity index (χ0) is 13.5. The van der Waals surface area contributed by atoms with Crippen molar-refractivity contribution >= 4 is 5.69 Å². The summed E-state index contributed by atoms with van der Waals surface area (Å²) in [5.74, 6) is 0.618. The van der Waals surface area contributed by atoms with Gasteiger partial charge in [0.1, 0.15) is 0 Å². The number of para-hydroxylation sites is 1. The molecule has 0 aliphatic carbocycles. The summed E-state index contributed by atoms with van der Waals surface area (Å²) in [6.07, 6.45) is 2.25. The van der Waals surface area contributed by atoms with Crippen LogP contribution in [0.15, 0.2) is 24.3 Å². The van der Waals surface area contributed by atoms with Crippen LogP contribution in [0.4, 0.5) is 5.69 Å². The third-order valence-electron chi connectivity index (χ3n) is 3.56. The summed E-state index contributed by atoms with van der Waals surface area (Å²) in [6, 6.07) is 7.28. The number of rotatable bonds is 7. The number of nitro benzene ring substituents is 1. The number of nitrogens with one attached hydrogen (secondary N) is 1. The van der Waals surface area contributed by atoms with Crippen LogP contribution in [0.5, 0.6) is 0 Å². The van der Waals surface area contributed by atoms with Crippen LogP contribution >= 0.6 is 0 Å². The largest absolute Gasteiger partial charge is 0.310 e. The topological polar surface area (TPSA) is 55.2 Å². The summed E-state index contributed by atoms with van der Waals surface area (Å²) in [6.45, 7) is 7.05. The maximum Gasteiger partial charge on any atom is 0.273 e. The normalized spacial score (nSPS) is 12.7. The van der Waals surface area contributed by atoms with Gasteiger partial charge in [0, 0.05) is 24.2 Å². The quantitative estimate of drug-likeness (QED) is 0.595. The van der Waals surface area contributed by atoms with E-state index in [1.165, 1.54) is 0 Å². The second-order valence-electron chi connectivity index (χ2n) is 4.63. The number of nitrogens with zero attached hydrogens (tertiary/aromatic N) is 1. The third-order valence-corrected chi connectivity index (χ3v) is 3.56. The molecule has 0 amide bonds. The van der Waals surface area contributed by atoms with E-state index in [4.69, 9.17) is 0 Å². The van der Waals surface area contributed by atoms with Crippen LogP contribution in [-0.4, -0.2) is 11.0 Å². The molecule has 0 aliphatic heterocycles. The van der Waals surface area contributed by atoms with Gasteiger partial charge in [-0.25, -0.2) is 0 Å². The molecule has 1 rings (SSSR count). The standard InChI is InChI=1S/C14H22N2O2/c1-4-12(5-2)11(3)15-10-13-8-6-7-9-14(13)16(17)18/h6-9,11-12,15H,4-5,10H2,1-3H3. The molecule has 1 N–H and O–H groups in total. The first-order valence-corrected chi connectivity index (χ1v) is 6.55. The first-order chi connectivity index (χ1) is 8.60. The fourth-order valence-corrected chi connectivity index (χ4v) is 2.27. The lowest BCUT2D eigenvalue weighted by molar-refractivity contribution is -0.385. The van der Waals surface area contributed by atoms with E-state index < -0.39 is 0 Å². The molecule has 0 aliphatic rings. The highest BCUT2D eigenvalue weighted by molar-refractivity contribution is 5.39. The lowest BCUT2D eigenvalue weighted by atomic mass is 9.95. The van der Waals surface area contributed by atoms with Gasteiger partial charge >= 0.3 is 0 Å². The Morgan fingerprint density at radius 2 is 1.89 bits per heavy atom. The number of hydrogen-bond donors (Lipinski definition) is 1. The van der Waals surface area contributed by atoms with Gasteiger partial charge in [0.15, 0.2) is 0 Å². The molecule has 0 saturated heterocycles. The molecular weight excluding hydrogens is 228 g/mol. The Hall–Kier alpha value is -1.42. The molecule has 100 valence electrons. The molecule has 0 radical (unpaired) electrons. The highest BCUT2D eigenvalue weighted by Crippen LogP contribution is 2.19. The molecule has 1 aromatic carbocycles. The molecule has 1 unspecified atom stereocenters. The molecule has 0 bridgehead atoms. The molecule has 1 atom stereocenters. The Balaban J connectivity index is 2.66. The summed E-state index contributed by atoms with van der Waals surface area (Å²) < 4.78 is 0. The maximum absolute atomic E-state index is 10.9. The zero-order valence-electron chi connectivity index (χ0n) is 11.3. The van der Waals surface area contributed by atoms with Crippen molar-refractivity contribution in [3.63, 3.8) is 0 Å². The summed E-state index contributed by atoms with van der Waals surface area (Å²) in [5.41, 5.74) is 0.946. The van der Waals surface area contributed by atoms with Gasteiger partial charge < -0.3 is 5.32 Å². The minimum absolute atomic E-state index is 0.196. The highest BCUT2D eigenvalue weighted by atomic mass is 16.6. The second kappa shape index (κ2) is 7.11. The van der Waals surface area contributed by atoms with E-state index in [-0.39, 0.29) is 10.6 Å². The Kier molecular flexibility index (Phi) is 5.78. The van der Waals surface area contributed by atoms with Gasteiger partial charge in [0.05, 0.1) is 4.92 Å². The van der Waals surface area contributed by atoms with Crippen LogP contribution in [0.3, 0.4) is 0 Å². The monoisotopic (exact) mass is 250 g/mol. The molecule has 4 heteroatoms. The van der Waals surface area contributed by atoms with Crippen molar-refractivity contribution in [3.8, 4) is 0 Å². The molecule has 1 aromatic rings. The summed E-state index contributed by atoms with van der Waals surface area (Å²) >= 11 is 0. The van der Waals surface area contributed by atoms with Crippen molar-refractivity contribution in [1.82, 2.24) is 5.32 Å². The van der Waals surface area contributed by atoms with Crippen molar-refractivity contribution in [2.75, 3.05) is 0 Å². The van der Waals surface area contributed by atoms with Gasteiger partial charge in [0.25, 0.3) is 5.69 Å². The van der Waals surface area contributed by atoms with Crippen LogP contribution in [0, 0.1) is 16.0 Å². The van der Waals surface area contributed by atoms with Crippen molar-refractivity contribution in [3.05, 3.63) is 39.9 Å². The number of hydrogen-bond acceptors (Lipinski definition) is 3. The molecule has 0 saturated carbocycles. The first kappa shape index (κ1) is 14.6. The van der Waals surface area contributed by atoms with Gasteiger partial charge in [-0.05, 0) is 12.8 Å². The lowest BCUT2D eigenvalue weighted by Crippen LogP contribution is -2.32. The van der Waals surface area contributed by atoms with Crippen LogP contribution in [0.2, 0.25) is 0 Å². The first-order valence-electron chi connectivity index (χ1n) is 6.55. The SMILES string of the molecule is CCC(CC)C(C)NCc1ccccc1[N+](=O)[O-]. The predicted molar refractivity (Wildman–Crippen MR) is 73.5 cm³/mol. The van der Waals surface area contributed by atoms with E-state index in [0.29, 0.717) is 18.5 Å². The summed E-state index contributed by atoms with van der Waals surface area (Å²) in [5, 5.41) is 14.3. The Morgan fingerprint density at radius 1 is 1.28 bits per heavy atom. The Morgan fingerprint density at radius 3 is 2.44 bits per heavy atom. The number of benzene rings is 1. The van der Waals surface area contributed by atoms with Crippen molar-refractivity contribution in [2.24, 2.45) is 5.92 Å². The Labute approximate surface area is 109 Å². The molecule has 0 spiro atoms. The fourth-order valence-electron chi connectivity index (χ4n) is 2.27. The van der Waals surface area contributed by atoms with E-state index in [1.54, 1.807) is 12.1 Å². The van der Waals surface area contributed by atoms with E-state index in [0.717, 1.165) is 18.4 Å². The van der Waals surface area contributed by atoms with Gasteiger partial charge in [-0.3, -0.25) is 10.1 Å². The lowest BCUT2D eigenvalue weighted by Gasteiger charge is -2.22. The molecule has 0 aromatic heterocycles. The van der Waals surface area contributed by atoms with Crippen LogP contribution in [0.25, 0.3) is 0 Å². The fraction of sp³-hybridized carbons (Fsp3) is 0.571. The van der Waals surface area contributed by atoms with Crippen molar-refractivity contribution in [1.29, 1.82) is 0 Å². The van der Waals surface area contributed by atoms with Crippen LogP contribution in [0.1, 0.15) is 39.2 Å².